The second kappa shape index (κ2) is 6.92. The Morgan fingerprint density at radius 1 is 1.16 bits per heavy atom. The van der Waals surface area contributed by atoms with Crippen molar-refractivity contribution in [2.45, 2.75) is 43.9 Å². The number of carboxylic acid groups (broad SMARTS) is 1. The van der Waals surface area contributed by atoms with Crippen molar-refractivity contribution < 1.29 is 28.9 Å². The summed E-state index contributed by atoms with van der Waals surface area (Å²) in [6.45, 7) is -0.0403. The highest BCUT2D eigenvalue weighted by molar-refractivity contribution is 5.97. The summed E-state index contributed by atoms with van der Waals surface area (Å²) in [6.07, 6.45) is 4.12. The molecule has 1 spiro atoms. The van der Waals surface area contributed by atoms with Gasteiger partial charge in [-0.1, -0.05) is 6.42 Å². The Kier molecular flexibility index (Phi) is 4.85. The summed E-state index contributed by atoms with van der Waals surface area (Å²) in [6, 6.07) is 3.70. The first-order chi connectivity index (χ1) is 12.0. The second-order valence-electron chi connectivity index (χ2n) is 6.40. The molecule has 0 bridgehead atoms. The number of rotatable bonds is 4. The van der Waals surface area contributed by atoms with Crippen molar-refractivity contribution >= 4 is 11.9 Å². The van der Waals surface area contributed by atoms with Crippen LogP contribution in [0.4, 0.5) is 0 Å². The highest BCUT2D eigenvalue weighted by Gasteiger charge is 2.51. The Balaban J connectivity index is 1.97. The van der Waals surface area contributed by atoms with Crippen molar-refractivity contribution in [1.29, 1.82) is 0 Å². The van der Waals surface area contributed by atoms with Crippen LogP contribution in [0.5, 0.6) is 11.5 Å². The van der Waals surface area contributed by atoms with E-state index in [-0.39, 0.29) is 6.61 Å². The van der Waals surface area contributed by atoms with Crippen molar-refractivity contribution in [1.82, 2.24) is 4.90 Å². The van der Waals surface area contributed by atoms with Crippen LogP contribution in [0, 0.1) is 0 Å². The molecule has 1 saturated carbocycles. The van der Waals surface area contributed by atoms with E-state index in [2.05, 4.69) is 0 Å². The van der Waals surface area contributed by atoms with E-state index in [1.165, 1.54) is 19.1 Å². The SMILES string of the molecule is COc1ccc(C(=O)N2[C@H](C(=O)[O-])COC23CCCCC3)cc1OC. The predicted molar refractivity (Wildman–Crippen MR) is 86.3 cm³/mol. The average molecular weight is 348 g/mol. The van der Waals surface area contributed by atoms with Gasteiger partial charge in [-0.25, -0.2) is 0 Å². The van der Waals surface area contributed by atoms with E-state index in [1.54, 1.807) is 18.2 Å². The molecule has 0 unspecified atom stereocenters. The molecule has 2 fully saturated rings. The first-order valence-electron chi connectivity index (χ1n) is 8.43. The maximum absolute atomic E-state index is 13.2. The van der Waals surface area contributed by atoms with Gasteiger partial charge in [0.1, 0.15) is 5.72 Å². The Morgan fingerprint density at radius 3 is 2.44 bits per heavy atom. The zero-order chi connectivity index (χ0) is 18.0. The van der Waals surface area contributed by atoms with Crippen LogP contribution in [0.15, 0.2) is 18.2 Å². The first-order valence-corrected chi connectivity index (χ1v) is 8.43. The predicted octanol–water partition coefficient (Wildman–Crippen LogP) is 0.955. The summed E-state index contributed by atoms with van der Waals surface area (Å²) in [4.78, 5) is 26.1. The van der Waals surface area contributed by atoms with E-state index in [9.17, 15) is 14.7 Å². The van der Waals surface area contributed by atoms with Crippen LogP contribution < -0.4 is 14.6 Å². The molecule has 0 N–H and O–H groups in total. The molecule has 0 radical (unpaired) electrons. The standard InChI is InChI=1S/C18H23NO6/c1-23-14-7-6-12(10-15(14)24-2)16(20)19-13(17(21)22)11-25-18(19)8-4-3-5-9-18/h6-7,10,13H,3-5,8-9,11H2,1-2H3,(H,21,22)/p-1/t13-/m0/s1. The number of hydrogen-bond acceptors (Lipinski definition) is 6. The van der Waals surface area contributed by atoms with Gasteiger partial charge in [0.05, 0.1) is 32.8 Å². The fraction of sp³-hybridized carbons (Fsp3) is 0.556. The maximum atomic E-state index is 13.2. The van der Waals surface area contributed by atoms with Crippen molar-refractivity contribution in [3.63, 3.8) is 0 Å². The number of nitrogens with zero attached hydrogens (tertiary/aromatic N) is 1. The van der Waals surface area contributed by atoms with E-state index in [1.807, 2.05) is 0 Å². The Labute approximate surface area is 146 Å². The summed E-state index contributed by atoms with van der Waals surface area (Å²) < 4.78 is 16.3. The summed E-state index contributed by atoms with van der Waals surface area (Å²) >= 11 is 0. The van der Waals surface area contributed by atoms with Gasteiger partial charge >= 0.3 is 0 Å². The number of methoxy groups -OCH3 is 2. The second-order valence-corrected chi connectivity index (χ2v) is 6.40. The van der Waals surface area contributed by atoms with Crippen LogP contribution >= 0.6 is 0 Å². The molecule has 7 nitrogen and oxygen atoms in total. The van der Waals surface area contributed by atoms with Crippen molar-refractivity contribution in [2.75, 3.05) is 20.8 Å². The number of hydrogen-bond donors (Lipinski definition) is 0. The lowest BCUT2D eigenvalue weighted by Gasteiger charge is -2.42. The fourth-order valence-corrected chi connectivity index (χ4v) is 3.76. The third kappa shape index (κ3) is 3.04. The van der Waals surface area contributed by atoms with Crippen LogP contribution in [-0.4, -0.2) is 49.4 Å². The van der Waals surface area contributed by atoms with E-state index >= 15 is 0 Å². The molecule has 1 aliphatic carbocycles. The zero-order valence-electron chi connectivity index (χ0n) is 14.4. The minimum atomic E-state index is -1.30. The van der Waals surface area contributed by atoms with Crippen LogP contribution in [0.3, 0.4) is 0 Å². The minimum Gasteiger partial charge on any atom is -0.548 e. The maximum Gasteiger partial charge on any atom is 0.256 e. The molecule has 1 aromatic carbocycles. The summed E-state index contributed by atoms with van der Waals surface area (Å²) in [5.74, 6) is -0.775. The van der Waals surface area contributed by atoms with Crippen molar-refractivity contribution in [3.05, 3.63) is 23.8 Å². The molecule has 25 heavy (non-hydrogen) atoms. The highest BCUT2D eigenvalue weighted by atomic mass is 16.5. The van der Waals surface area contributed by atoms with E-state index in [0.29, 0.717) is 29.9 Å². The molecule has 1 aliphatic heterocycles. The molecule has 3 rings (SSSR count). The number of aliphatic carboxylic acids is 1. The van der Waals surface area contributed by atoms with E-state index in [4.69, 9.17) is 14.2 Å². The largest absolute Gasteiger partial charge is 0.548 e. The number of ether oxygens (including phenoxy) is 3. The lowest BCUT2D eigenvalue weighted by Crippen LogP contribution is -2.57. The van der Waals surface area contributed by atoms with Gasteiger partial charge in [0, 0.05) is 5.56 Å². The molecular weight excluding hydrogens is 326 g/mol. The molecule has 2 aliphatic rings. The van der Waals surface area contributed by atoms with Gasteiger partial charge in [-0.15, -0.1) is 0 Å². The van der Waals surface area contributed by atoms with Crippen molar-refractivity contribution in [2.24, 2.45) is 0 Å². The lowest BCUT2D eigenvalue weighted by molar-refractivity contribution is -0.310. The quantitative estimate of drug-likeness (QED) is 0.805. The summed E-state index contributed by atoms with van der Waals surface area (Å²) in [5.41, 5.74) is -0.521. The van der Waals surface area contributed by atoms with Crippen LogP contribution in [-0.2, 0) is 9.53 Å². The van der Waals surface area contributed by atoms with E-state index < -0.39 is 23.6 Å². The molecule has 1 heterocycles. The van der Waals surface area contributed by atoms with Crippen LogP contribution in [0.2, 0.25) is 0 Å². The normalized spacial score (nSPS) is 22.0. The van der Waals surface area contributed by atoms with Gasteiger partial charge in [-0.3, -0.25) is 9.69 Å². The number of amides is 1. The van der Waals surface area contributed by atoms with Crippen LogP contribution in [0.1, 0.15) is 42.5 Å². The topological polar surface area (TPSA) is 88.1 Å². The van der Waals surface area contributed by atoms with Gasteiger partial charge in [-0.2, -0.15) is 0 Å². The number of carbonyl (C=O) groups excluding carboxylic acids is 2. The molecular formula is C18H22NO6-. The summed E-state index contributed by atoms with van der Waals surface area (Å²) in [5, 5.41) is 11.6. The minimum absolute atomic E-state index is 0.0403. The monoisotopic (exact) mass is 348 g/mol. The van der Waals surface area contributed by atoms with Gasteiger partial charge in [-0.05, 0) is 43.9 Å². The van der Waals surface area contributed by atoms with Gasteiger partial charge < -0.3 is 24.1 Å². The third-order valence-electron chi connectivity index (χ3n) is 5.02. The van der Waals surface area contributed by atoms with Gasteiger partial charge in [0.2, 0.25) is 0 Å². The van der Waals surface area contributed by atoms with Gasteiger partial charge in [0.25, 0.3) is 5.91 Å². The molecule has 1 amide bonds. The molecule has 7 heteroatoms. The molecule has 136 valence electrons. The Morgan fingerprint density at radius 2 is 1.84 bits per heavy atom. The molecule has 1 aromatic rings. The van der Waals surface area contributed by atoms with Crippen LogP contribution in [0.25, 0.3) is 0 Å². The number of benzene rings is 1. The average Bonchev–Trinajstić information content (AvgIpc) is 2.99. The van der Waals surface area contributed by atoms with Crippen molar-refractivity contribution in [3.8, 4) is 11.5 Å². The molecule has 1 atom stereocenters. The lowest BCUT2D eigenvalue weighted by atomic mass is 9.89. The van der Waals surface area contributed by atoms with E-state index in [0.717, 1.165) is 19.3 Å². The fourth-order valence-electron chi connectivity index (χ4n) is 3.76. The Bertz CT molecular complexity index is 668. The zero-order valence-corrected chi connectivity index (χ0v) is 14.4. The third-order valence-corrected chi connectivity index (χ3v) is 5.02. The molecule has 1 saturated heterocycles. The molecule has 0 aromatic heterocycles. The first kappa shape index (κ1) is 17.5. The smallest absolute Gasteiger partial charge is 0.256 e. The number of carboxylic acids is 1. The van der Waals surface area contributed by atoms with Gasteiger partial charge in [0.15, 0.2) is 11.5 Å². The number of carbonyl (C=O) groups is 2. The summed E-state index contributed by atoms with van der Waals surface area (Å²) in [7, 11) is 2.99. The Hall–Kier alpha value is -2.28. The highest BCUT2D eigenvalue weighted by Crippen LogP contribution is 2.41.